The van der Waals surface area contributed by atoms with Crippen LogP contribution in [-0.2, 0) is 9.53 Å². The van der Waals surface area contributed by atoms with Crippen molar-refractivity contribution >= 4 is 5.97 Å². The minimum absolute atomic E-state index is 0.0876. The molecule has 0 aliphatic carbocycles. The summed E-state index contributed by atoms with van der Waals surface area (Å²) >= 11 is 0. The first-order chi connectivity index (χ1) is 9.81. The van der Waals surface area contributed by atoms with Gasteiger partial charge in [0, 0.05) is 6.42 Å². The fourth-order valence-electron chi connectivity index (χ4n) is 1.86. The Hall–Kier alpha value is -1.31. The van der Waals surface area contributed by atoms with Crippen LogP contribution in [0.4, 0.5) is 0 Å². The van der Waals surface area contributed by atoms with E-state index in [0.717, 1.165) is 25.7 Å². The molecular formula is C18H30O2. The van der Waals surface area contributed by atoms with E-state index in [4.69, 9.17) is 0 Å². The van der Waals surface area contributed by atoms with Crippen molar-refractivity contribution in [2.75, 3.05) is 7.11 Å². The van der Waals surface area contributed by atoms with Crippen molar-refractivity contribution in [3.8, 4) is 0 Å². The zero-order chi connectivity index (χ0) is 14.9. The van der Waals surface area contributed by atoms with Crippen molar-refractivity contribution in [3.63, 3.8) is 0 Å². The molecule has 0 aromatic carbocycles. The molecule has 0 aromatic rings. The third kappa shape index (κ3) is 14.7. The zero-order valence-electron chi connectivity index (χ0n) is 13.1. The number of ether oxygens (including phenoxy) is 1. The molecule has 2 heteroatoms. The standard InChI is InChI=1S/C18H30O2/c1-3-4-5-6-7-8-9-10-11-12-13-14-15-16-17-18(19)20-2/h3-4,6-7,9-10H,5,8,11-17H2,1-2H3/b4-3-,7-6-,10-9-. The summed E-state index contributed by atoms with van der Waals surface area (Å²) in [5.41, 5.74) is 0. The molecule has 114 valence electrons. The van der Waals surface area contributed by atoms with Crippen molar-refractivity contribution in [3.05, 3.63) is 36.5 Å². The van der Waals surface area contributed by atoms with E-state index in [-0.39, 0.29) is 5.97 Å². The molecule has 0 saturated heterocycles. The molecule has 0 aliphatic heterocycles. The van der Waals surface area contributed by atoms with E-state index in [1.807, 2.05) is 6.92 Å². The van der Waals surface area contributed by atoms with E-state index in [2.05, 4.69) is 41.2 Å². The van der Waals surface area contributed by atoms with Crippen molar-refractivity contribution in [1.29, 1.82) is 0 Å². The molecule has 0 heterocycles. The Labute approximate surface area is 124 Å². The number of hydrogen-bond donors (Lipinski definition) is 0. The van der Waals surface area contributed by atoms with Crippen molar-refractivity contribution in [2.24, 2.45) is 0 Å². The Kier molecular flexibility index (Phi) is 14.7. The van der Waals surface area contributed by atoms with Crippen LogP contribution < -0.4 is 0 Å². The van der Waals surface area contributed by atoms with E-state index in [9.17, 15) is 4.79 Å². The second-order valence-corrected chi connectivity index (χ2v) is 4.87. The Bertz CT molecular complexity index is 301. The monoisotopic (exact) mass is 278 g/mol. The van der Waals surface area contributed by atoms with E-state index < -0.39 is 0 Å². The highest BCUT2D eigenvalue weighted by atomic mass is 16.5. The van der Waals surface area contributed by atoms with Gasteiger partial charge in [0.1, 0.15) is 0 Å². The van der Waals surface area contributed by atoms with Crippen molar-refractivity contribution in [1.82, 2.24) is 0 Å². The lowest BCUT2D eigenvalue weighted by atomic mass is 10.1. The van der Waals surface area contributed by atoms with Crippen LogP contribution in [0.2, 0.25) is 0 Å². The molecule has 0 N–H and O–H groups in total. The third-order valence-electron chi connectivity index (χ3n) is 3.09. The highest BCUT2D eigenvalue weighted by molar-refractivity contribution is 5.68. The van der Waals surface area contributed by atoms with Gasteiger partial charge in [0.25, 0.3) is 0 Å². The molecule has 0 fully saturated rings. The topological polar surface area (TPSA) is 26.3 Å². The number of carbonyl (C=O) groups excluding carboxylic acids is 1. The number of esters is 1. The molecule has 0 atom stereocenters. The predicted octanol–water partition coefficient (Wildman–Crippen LogP) is 5.36. The van der Waals surface area contributed by atoms with Gasteiger partial charge in [-0.25, -0.2) is 0 Å². The molecule has 0 bridgehead atoms. The number of hydrogen-bond acceptors (Lipinski definition) is 2. The number of rotatable bonds is 12. The van der Waals surface area contributed by atoms with Gasteiger partial charge in [-0.3, -0.25) is 4.79 Å². The van der Waals surface area contributed by atoms with Crippen LogP contribution in [0.3, 0.4) is 0 Å². The Morgan fingerprint density at radius 2 is 1.45 bits per heavy atom. The van der Waals surface area contributed by atoms with Gasteiger partial charge in [0.2, 0.25) is 0 Å². The second kappa shape index (κ2) is 15.7. The number of methoxy groups -OCH3 is 1. The summed E-state index contributed by atoms with van der Waals surface area (Å²) in [6, 6.07) is 0. The van der Waals surface area contributed by atoms with Gasteiger partial charge >= 0.3 is 5.97 Å². The summed E-state index contributed by atoms with van der Waals surface area (Å²) in [6.45, 7) is 2.04. The van der Waals surface area contributed by atoms with Gasteiger partial charge in [-0.2, -0.15) is 0 Å². The van der Waals surface area contributed by atoms with Gasteiger partial charge in [-0.1, -0.05) is 55.7 Å². The second-order valence-electron chi connectivity index (χ2n) is 4.87. The first-order valence-electron chi connectivity index (χ1n) is 7.79. The van der Waals surface area contributed by atoms with Crippen LogP contribution in [0.15, 0.2) is 36.5 Å². The lowest BCUT2D eigenvalue weighted by molar-refractivity contribution is -0.140. The first-order valence-corrected chi connectivity index (χ1v) is 7.79. The SMILES string of the molecule is C/C=C\C/C=C\C/C=C\CCCCCCCC(=O)OC. The minimum Gasteiger partial charge on any atom is -0.469 e. The summed E-state index contributed by atoms with van der Waals surface area (Å²) < 4.78 is 4.61. The zero-order valence-corrected chi connectivity index (χ0v) is 13.1. The first kappa shape index (κ1) is 18.7. The highest BCUT2D eigenvalue weighted by Gasteiger charge is 1.98. The van der Waals surface area contributed by atoms with Gasteiger partial charge in [-0.15, -0.1) is 0 Å². The maximum atomic E-state index is 10.9. The van der Waals surface area contributed by atoms with Crippen molar-refractivity contribution in [2.45, 2.75) is 64.7 Å². The van der Waals surface area contributed by atoms with Crippen LogP contribution >= 0.6 is 0 Å². The van der Waals surface area contributed by atoms with E-state index in [0.29, 0.717) is 6.42 Å². The summed E-state index contributed by atoms with van der Waals surface area (Å²) in [4.78, 5) is 10.9. The maximum absolute atomic E-state index is 10.9. The predicted molar refractivity (Wildman–Crippen MR) is 86.7 cm³/mol. The van der Waals surface area contributed by atoms with Crippen LogP contribution in [0.5, 0.6) is 0 Å². The Balaban J connectivity index is 3.23. The molecule has 0 aromatic heterocycles. The highest BCUT2D eigenvalue weighted by Crippen LogP contribution is 2.08. The molecule has 20 heavy (non-hydrogen) atoms. The average Bonchev–Trinajstić information content (AvgIpc) is 2.47. The summed E-state index contributed by atoms with van der Waals surface area (Å²) in [5, 5.41) is 0. The van der Waals surface area contributed by atoms with Gasteiger partial charge in [0.05, 0.1) is 7.11 Å². The quantitative estimate of drug-likeness (QED) is 0.273. The van der Waals surface area contributed by atoms with Crippen LogP contribution in [0.25, 0.3) is 0 Å². The molecule has 0 saturated carbocycles. The van der Waals surface area contributed by atoms with Crippen LogP contribution in [0.1, 0.15) is 64.7 Å². The van der Waals surface area contributed by atoms with E-state index >= 15 is 0 Å². The number of carbonyl (C=O) groups is 1. The van der Waals surface area contributed by atoms with Crippen LogP contribution in [-0.4, -0.2) is 13.1 Å². The maximum Gasteiger partial charge on any atom is 0.305 e. The Morgan fingerprint density at radius 3 is 2.15 bits per heavy atom. The summed E-state index contributed by atoms with van der Waals surface area (Å²) in [6.07, 6.45) is 22.8. The molecular weight excluding hydrogens is 248 g/mol. The van der Waals surface area contributed by atoms with Gasteiger partial charge in [0.15, 0.2) is 0 Å². The summed E-state index contributed by atoms with van der Waals surface area (Å²) in [7, 11) is 1.45. The molecule has 2 nitrogen and oxygen atoms in total. The fraction of sp³-hybridized carbons (Fsp3) is 0.611. The fourth-order valence-corrected chi connectivity index (χ4v) is 1.86. The minimum atomic E-state index is -0.0876. The van der Waals surface area contributed by atoms with E-state index in [1.165, 1.54) is 32.8 Å². The summed E-state index contributed by atoms with van der Waals surface area (Å²) in [5.74, 6) is -0.0876. The molecule has 0 aliphatic rings. The number of allylic oxidation sites excluding steroid dienone is 6. The smallest absolute Gasteiger partial charge is 0.305 e. The molecule has 0 unspecified atom stereocenters. The average molecular weight is 278 g/mol. The van der Waals surface area contributed by atoms with Gasteiger partial charge < -0.3 is 4.74 Å². The number of unbranched alkanes of at least 4 members (excludes halogenated alkanes) is 5. The van der Waals surface area contributed by atoms with Gasteiger partial charge in [-0.05, 0) is 39.0 Å². The van der Waals surface area contributed by atoms with Crippen molar-refractivity contribution < 1.29 is 9.53 Å². The molecule has 0 spiro atoms. The lowest BCUT2D eigenvalue weighted by Crippen LogP contribution is -1.98. The third-order valence-corrected chi connectivity index (χ3v) is 3.09. The van der Waals surface area contributed by atoms with E-state index in [1.54, 1.807) is 0 Å². The molecule has 0 rings (SSSR count). The normalized spacial score (nSPS) is 11.9. The van der Waals surface area contributed by atoms with Crippen LogP contribution in [0, 0.1) is 0 Å². The molecule has 0 radical (unpaired) electrons. The molecule has 0 amide bonds. The largest absolute Gasteiger partial charge is 0.469 e. The Morgan fingerprint density at radius 1 is 0.850 bits per heavy atom. The lowest BCUT2D eigenvalue weighted by Gasteiger charge is -1.99.